The van der Waals surface area contributed by atoms with Crippen molar-refractivity contribution in [3.05, 3.63) is 58.3 Å². The van der Waals surface area contributed by atoms with E-state index >= 15 is 0 Å². The van der Waals surface area contributed by atoms with Crippen LogP contribution >= 0.6 is 15.9 Å². The summed E-state index contributed by atoms with van der Waals surface area (Å²) in [7, 11) is 0. The highest BCUT2D eigenvalue weighted by Gasteiger charge is 2.05. The number of nitrogens with one attached hydrogen (secondary N) is 1. The second-order valence-corrected chi connectivity index (χ2v) is 6.59. The first-order chi connectivity index (χ1) is 12.1. The van der Waals surface area contributed by atoms with Crippen molar-refractivity contribution in [3.8, 4) is 0 Å². The number of benzene rings is 1. The first-order valence-electron chi connectivity index (χ1n) is 8.43. The van der Waals surface area contributed by atoms with E-state index in [0.717, 1.165) is 36.0 Å². The fraction of sp³-hybridized carbons (Fsp3) is 0.316. The monoisotopic (exact) mass is 402 g/mol. The number of halogens is 1. The van der Waals surface area contributed by atoms with Crippen molar-refractivity contribution in [2.75, 3.05) is 18.0 Å². The minimum absolute atomic E-state index is 0.293. The number of amides is 1. The molecular weight excluding hydrogens is 380 g/mol. The Morgan fingerprint density at radius 3 is 2.48 bits per heavy atom. The van der Waals surface area contributed by atoms with Gasteiger partial charge in [-0.15, -0.1) is 0 Å². The van der Waals surface area contributed by atoms with Gasteiger partial charge in [-0.05, 0) is 52.5 Å². The van der Waals surface area contributed by atoms with Crippen LogP contribution in [0.2, 0.25) is 0 Å². The van der Waals surface area contributed by atoms with E-state index in [2.05, 4.69) is 62.3 Å². The van der Waals surface area contributed by atoms with Gasteiger partial charge in [-0.3, -0.25) is 9.78 Å². The van der Waals surface area contributed by atoms with E-state index < -0.39 is 0 Å². The van der Waals surface area contributed by atoms with Crippen LogP contribution in [0.15, 0.2) is 52.3 Å². The van der Waals surface area contributed by atoms with Crippen molar-refractivity contribution in [1.82, 2.24) is 10.4 Å². The van der Waals surface area contributed by atoms with E-state index in [-0.39, 0.29) is 5.91 Å². The summed E-state index contributed by atoms with van der Waals surface area (Å²) < 4.78 is 0.753. The molecule has 1 aromatic heterocycles. The number of rotatable bonds is 8. The molecule has 0 radical (unpaired) electrons. The number of nitrogens with zero attached hydrogens (tertiary/aromatic N) is 3. The molecule has 1 heterocycles. The SMILES string of the molecule is CCCN(CCC)c1ccc(C=NNC(=O)c2cncc(Br)c2)cc1. The van der Waals surface area contributed by atoms with E-state index in [1.807, 2.05) is 12.1 Å². The smallest absolute Gasteiger partial charge is 0.272 e. The van der Waals surface area contributed by atoms with Crippen LogP contribution in [0, 0.1) is 0 Å². The van der Waals surface area contributed by atoms with E-state index in [1.165, 1.54) is 11.9 Å². The second-order valence-electron chi connectivity index (χ2n) is 5.67. The van der Waals surface area contributed by atoms with Crippen molar-refractivity contribution in [1.29, 1.82) is 0 Å². The number of hydrogen-bond donors (Lipinski definition) is 1. The van der Waals surface area contributed by atoms with Crippen molar-refractivity contribution >= 4 is 33.7 Å². The summed E-state index contributed by atoms with van der Waals surface area (Å²) in [6.07, 6.45) is 7.01. The Morgan fingerprint density at radius 2 is 1.88 bits per heavy atom. The largest absolute Gasteiger partial charge is 0.372 e. The average Bonchev–Trinajstić information content (AvgIpc) is 2.62. The maximum Gasteiger partial charge on any atom is 0.272 e. The lowest BCUT2D eigenvalue weighted by Crippen LogP contribution is -2.24. The number of carbonyl (C=O) groups is 1. The zero-order chi connectivity index (χ0) is 18.1. The van der Waals surface area contributed by atoms with Crippen LogP contribution in [0.1, 0.15) is 42.6 Å². The molecular formula is C19H23BrN4O. The molecule has 132 valence electrons. The third kappa shape index (κ3) is 5.98. The first-order valence-corrected chi connectivity index (χ1v) is 9.22. The lowest BCUT2D eigenvalue weighted by molar-refractivity contribution is 0.0954. The number of anilines is 1. The van der Waals surface area contributed by atoms with Gasteiger partial charge in [-0.2, -0.15) is 5.10 Å². The standard InChI is InChI=1S/C19H23BrN4O/c1-3-9-24(10-4-2)18-7-5-15(6-8-18)12-22-23-19(25)16-11-17(20)14-21-13-16/h5-8,11-14H,3-4,9-10H2,1-2H3,(H,23,25). The molecule has 0 spiro atoms. The predicted octanol–water partition coefficient (Wildman–Crippen LogP) is 4.23. The molecule has 0 atom stereocenters. The summed E-state index contributed by atoms with van der Waals surface area (Å²) in [6, 6.07) is 9.89. The molecule has 25 heavy (non-hydrogen) atoms. The van der Waals surface area contributed by atoms with Gasteiger partial charge in [0, 0.05) is 35.6 Å². The van der Waals surface area contributed by atoms with Gasteiger partial charge < -0.3 is 4.90 Å². The molecule has 1 aromatic carbocycles. The number of carbonyl (C=O) groups excluding carboxylic acids is 1. The Balaban J connectivity index is 1.96. The summed E-state index contributed by atoms with van der Waals surface area (Å²) in [4.78, 5) is 18.3. The summed E-state index contributed by atoms with van der Waals surface area (Å²) in [5.41, 5.74) is 5.11. The Labute approximate surface area is 157 Å². The van der Waals surface area contributed by atoms with Crippen molar-refractivity contribution in [2.24, 2.45) is 5.10 Å². The topological polar surface area (TPSA) is 57.6 Å². The maximum absolute atomic E-state index is 12.0. The van der Waals surface area contributed by atoms with Gasteiger partial charge in [0.25, 0.3) is 5.91 Å². The molecule has 6 heteroatoms. The normalized spacial score (nSPS) is 10.8. The molecule has 1 N–H and O–H groups in total. The Hall–Kier alpha value is -2.21. The van der Waals surface area contributed by atoms with Crippen LogP contribution in [-0.4, -0.2) is 30.2 Å². The third-order valence-electron chi connectivity index (χ3n) is 3.59. The van der Waals surface area contributed by atoms with Crippen LogP contribution in [0.25, 0.3) is 0 Å². The van der Waals surface area contributed by atoms with Gasteiger partial charge in [0.15, 0.2) is 0 Å². The van der Waals surface area contributed by atoms with Gasteiger partial charge in [0.05, 0.1) is 11.8 Å². The fourth-order valence-electron chi connectivity index (χ4n) is 2.45. The molecule has 0 saturated carbocycles. The number of hydrazone groups is 1. The van der Waals surface area contributed by atoms with Gasteiger partial charge in [0.2, 0.25) is 0 Å². The van der Waals surface area contributed by atoms with E-state index in [4.69, 9.17) is 0 Å². The van der Waals surface area contributed by atoms with Gasteiger partial charge in [-0.1, -0.05) is 26.0 Å². The van der Waals surface area contributed by atoms with Crippen LogP contribution in [-0.2, 0) is 0 Å². The molecule has 0 bridgehead atoms. The lowest BCUT2D eigenvalue weighted by atomic mass is 10.2. The molecule has 0 fully saturated rings. The third-order valence-corrected chi connectivity index (χ3v) is 4.03. The van der Waals surface area contributed by atoms with Crippen LogP contribution in [0.3, 0.4) is 0 Å². The Kier molecular flexibility index (Phi) is 7.60. The summed E-state index contributed by atoms with van der Waals surface area (Å²) in [5.74, 6) is -0.293. The summed E-state index contributed by atoms with van der Waals surface area (Å²) >= 11 is 3.29. The Morgan fingerprint density at radius 1 is 1.20 bits per heavy atom. The molecule has 5 nitrogen and oxygen atoms in total. The maximum atomic E-state index is 12.0. The summed E-state index contributed by atoms with van der Waals surface area (Å²) in [5, 5.41) is 4.01. The van der Waals surface area contributed by atoms with E-state index in [9.17, 15) is 4.79 Å². The second kappa shape index (κ2) is 9.93. The average molecular weight is 403 g/mol. The van der Waals surface area contributed by atoms with E-state index in [1.54, 1.807) is 18.5 Å². The minimum atomic E-state index is -0.293. The number of pyridine rings is 1. The molecule has 0 saturated heterocycles. The van der Waals surface area contributed by atoms with Crippen LogP contribution in [0.5, 0.6) is 0 Å². The molecule has 0 unspecified atom stereocenters. The molecule has 0 aliphatic carbocycles. The van der Waals surface area contributed by atoms with Crippen molar-refractivity contribution in [2.45, 2.75) is 26.7 Å². The quantitative estimate of drug-likeness (QED) is 0.530. The van der Waals surface area contributed by atoms with Crippen LogP contribution in [0.4, 0.5) is 5.69 Å². The van der Waals surface area contributed by atoms with Gasteiger partial charge in [0.1, 0.15) is 0 Å². The van der Waals surface area contributed by atoms with Crippen molar-refractivity contribution in [3.63, 3.8) is 0 Å². The Bertz CT molecular complexity index is 710. The van der Waals surface area contributed by atoms with Gasteiger partial charge >= 0.3 is 0 Å². The highest BCUT2D eigenvalue weighted by molar-refractivity contribution is 9.10. The highest BCUT2D eigenvalue weighted by Crippen LogP contribution is 2.15. The minimum Gasteiger partial charge on any atom is -0.372 e. The summed E-state index contributed by atoms with van der Waals surface area (Å²) in [6.45, 7) is 6.48. The van der Waals surface area contributed by atoms with Crippen molar-refractivity contribution < 1.29 is 4.79 Å². The zero-order valence-electron chi connectivity index (χ0n) is 14.6. The first kappa shape index (κ1) is 19.1. The molecule has 1 amide bonds. The van der Waals surface area contributed by atoms with E-state index in [0.29, 0.717) is 5.56 Å². The predicted molar refractivity (Wildman–Crippen MR) is 106 cm³/mol. The molecule has 2 aromatic rings. The van der Waals surface area contributed by atoms with Gasteiger partial charge in [-0.25, -0.2) is 5.43 Å². The molecule has 0 aliphatic heterocycles. The molecule has 0 aliphatic rings. The zero-order valence-corrected chi connectivity index (χ0v) is 16.2. The van der Waals surface area contributed by atoms with Crippen LogP contribution < -0.4 is 10.3 Å². The lowest BCUT2D eigenvalue weighted by Gasteiger charge is -2.23. The molecule has 2 rings (SSSR count). The number of aromatic nitrogens is 1. The fourth-order valence-corrected chi connectivity index (χ4v) is 2.81. The number of hydrogen-bond acceptors (Lipinski definition) is 4. The highest BCUT2D eigenvalue weighted by atomic mass is 79.9.